The van der Waals surface area contributed by atoms with Gasteiger partial charge in [-0.15, -0.1) is 0 Å². The highest BCUT2D eigenvalue weighted by molar-refractivity contribution is 6.31. The first-order valence-corrected chi connectivity index (χ1v) is 9.66. The summed E-state index contributed by atoms with van der Waals surface area (Å²) in [6.45, 7) is 8.46. The van der Waals surface area contributed by atoms with Crippen LogP contribution in [0.25, 0.3) is 0 Å². The molecule has 3 nitrogen and oxygen atoms in total. The lowest BCUT2D eigenvalue weighted by Gasteiger charge is -2.37. The number of benzene rings is 1. The Morgan fingerprint density at radius 1 is 1.29 bits per heavy atom. The number of nitrogens with zero attached hydrogens (tertiary/aromatic N) is 1. The van der Waals surface area contributed by atoms with Crippen molar-refractivity contribution < 1.29 is 9.47 Å². The predicted molar refractivity (Wildman–Crippen MR) is 101 cm³/mol. The third-order valence-corrected chi connectivity index (χ3v) is 5.47. The highest BCUT2D eigenvalue weighted by Gasteiger charge is 2.28. The van der Waals surface area contributed by atoms with E-state index in [0.717, 1.165) is 35.9 Å². The molecule has 0 aromatic heterocycles. The van der Waals surface area contributed by atoms with Crippen LogP contribution in [0.15, 0.2) is 18.2 Å². The van der Waals surface area contributed by atoms with Gasteiger partial charge in [-0.05, 0) is 69.0 Å². The summed E-state index contributed by atoms with van der Waals surface area (Å²) in [5.41, 5.74) is 1.06. The van der Waals surface area contributed by atoms with Crippen LogP contribution in [0.2, 0.25) is 5.02 Å². The van der Waals surface area contributed by atoms with E-state index in [0.29, 0.717) is 12.0 Å². The molecule has 1 saturated heterocycles. The quantitative estimate of drug-likeness (QED) is 0.586. The standard InChI is InChI=1S/C20H32ClNO2/c1-4-5-6-11-22-12-9-17(20(15-22)23-3)10-13-24-18-7-8-19(21)16(2)14-18/h7-8,14,17,20H,4-6,9-13,15H2,1-3H3/t17-,20-/m1/s1. The van der Waals surface area contributed by atoms with Gasteiger partial charge in [-0.25, -0.2) is 0 Å². The van der Waals surface area contributed by atoms with Gasteiger partial charge in [0.15, 0.2) is 0 Å². The van der Waals surface area contributed by atoms with Crippen LogP contribution in [0.5, 0.6) is 5.75 Å². The number of rotatable bonds is 9. The molecular formula is C20H32ClNO2. The monoisotopic (exact) mass is 353 g/mol. The normalized spacial score (nSPS) is 21.8. The van der Waals surface area contributed by atoms with E-state index in [4.69, 9.17) is 21.1 Å². The fraction of sp³-hybridized carbons (Fsp3) is 0.700. The maximum atomic E-state index is 6.06. The zero-order valence-electron chi connectivity index (χ0n) is 15.4. The van der Waals surface area contributed by atoms with Gasteiger partial charge < -0.3 is 14.4 Å². The molecule has 2 rings (SSSR count). The van der Waals surface area contributed by atoms with Gasteiger partial charge in [0.25, 0.3) is 0 Å². The minimum atomic E-state index is 0.330. The van der Waals surface area contributed by atoms with Crippen LogP contribution < -0.4 is 4.74 Å². The molecule has 0 aliphatic carbocycles. The molecule has 0 bridgehead atoms. The lowest BCUT2D eigenvalue weighted by atomic mass is 9.90. The minimum absolute atomic E-state index is 0.330. The number of methoxy groups -OCH3 is 1. The number of piperidine rings is 1. The van der Waals surface area contributed by atoms with E-state index < -0.39 is 0 Å². The molecule has 24 heavy (non-hydrogen) atoms. The van der Waals surface area contributed by atoms with E-state index >= 15 is 0 Å². The van der Waals surface area contributed by atoms with Crippen molar-refractivity contribution in [2.45, 2.75) is 52.1 Å². The number of hydrogen-bond acceptors (Lipinski definition) is 3. The molecule has 1 fully saturated rings. The van der Waals surface area contributed by atoms with E-state index in [1.165, 1.54) is 38.8 Å². The number of likely N-dealkylation sites (tertiary alicyclic amines) is 1. The van der Waals surface area contributed by atoms with Crippen LogP contribution >= 0.6 is 11.6 Å². The van der Waals surface area contributed by atoms with Crippen LogP contribution in [0.3, 0.4) is 0 Å². The molecule has 136 valence electrons. The highest BCUT2D eigenvalue weighted by Crippen LogP contribution is 2.25. The molecule has 1 aliphatic heterocycles. The second kappa shape index (κ2) is 10.3. The molecule has 0 radical (unpaired) electrons. The summed E-state index contributed by atoms with van der Waals surface area (Å²) in [5.74, 6) is 1.49. The Hall–Kier alpha value is -0.770. The van der Waals surface area contributed by atoms with Crippen molar-refractivity contribution in [1.82, 2.24) is 4.90 Å². The molecule has 1 heterocycles. The van der Waals surface area contributed by atoms with Gasteiger partial charge in [-0.2, -0.15) is 0 Å². The molecule has 0 unspecified atom stereocenters. The van der Waals surface area contributed by atoms with E-state index in [1.54, 1.807) is 0 Å². The fourth-order valence-electron chi connectivity index (χ4n) is 3.45. The van der Waals surface area contributed by atoms with Crippen molar-refractivity contribution in [1.29, 1.82) is 0 Å². The predicted octanol–water partition coefficient (Wildman–Crippen LogP) is 4.94. The second-order valence-corrected chi connectivity index (χ2v) is 7.29. The first-order valence-electron chi connectivity index (χ1n) is 9.28. The van der Waals surface area contributed by atoms with Gasteiger partial charge in [0.2, 0.25) is 0 Å². The zero-order chi connectivity index (χ0) is 17.4. The Morgan fingerprint density at radius 2 is 2.12 bits per heavy atom. The van der Waals surface area contributed by atoms with Crippen LogP contribution in [-0.4, -0.2) is 44.4 Å². The highest BCUT2D eigenvalue weighted by atomic mass is 35.5. The van der Waals surface area contributed by atoms with E-state index in [2.05, 4.69) is 11.8 Å². The van der Waals surface area contributed by atoms with Crippen LogP contribution in [0.4, 0.5) is 0 Å². The van der Waals surface area contributed by atoms with Gasteiger partial charge in [0, 0.05) is 18.7 Å². The van der Waals surface area contributed by atoms with E-state index in [9.17, 15) is 0 Å². The van der Waals surface area contributed by atoms with Crippen LogP contribution in [-0.2, 0) is 4.74 Å². The fourth-order valence-corrected chi connectivity index (χ4v) is 3.57. The third kappa shape index (κ3) is 5.94. The number of halogens is 1. The van der Waals surface area contributed by atoms with Crippen LogP contribution in [0, 0.1) is 12.8 Å². The Bertz CT molecular complexity index is 495. The van der Waals surface area contributed by atoms with Crippen molar-refractivity contribution in [3.05, 3.63) is 28.8 Å². The lowest BCUT2D eigenvalue weighted by Crippen LogP contribution is -2.45. The summed E-state index contributed by atoms with van der Waals surface area (Å²) in [6.07, 6.45) is 6.49. The Labute approximate surface area is 152 Å². The lowest BCUT2D eigenvalue weighted by molar-refractivity contribution is -0.0180. The topological polar surface area (TPSA) is 21.7 Å². The molecule has 0 spiro atoms. The smallest absolute Gasteiger partial charge is 0.119 e. The Morgan fingerprint density at radius 3 is 2.83 bits per heavy atom. The maximum absolute atomic E-state index is 6.06. The Kier molecular flexibility index (Phi) is 8.37. The number of hydrogen-bond donors (Lipinski definition) is 0. The maximum Gasteiger partial charge on any atom is 0.119 e. The molecule has 0 saturated carbocycles. The van der Waals surface area contributed by atoms with Gasteiger partial charge in [0.05, 0.1) is 12.7 Å². The van der Waals surface area contributed by atoms with Crippen molar-refractivity contribution in [2.24, 2.45) is 5.92 Å². The van der Waals surface area contributed by atoms with Crippen molar-refractivity contribution in [3.63, 3.8) is 0 Å². The first kappa shape index (κ1) is 19.6. The van der Waals surface area contributed by atoms with Gasteiger partial charge in [-0.3, -0.25) is 0 Å². The largest absolute Gasteiger partial charge is 0.494 e. The Balaban J connectivity index is 1.74. The zero-order valence-corrected chi connectivity index (χ0v) is 16.1. The summed E-state index contributed by atoms with van der Waals surface area (Å²) in [4.78, 5) is 2.56. The summed E-state index contributed by atoms with van der Waals surface area (Å²) in [6, 6.07) is 5.85. The average Bonchev–Trinajstić information content (AvgIpc) is 2.59. The second-order valence-electron chi connectivity index (χ2n) is 6.88. The summed E-state index contributed by atoms with van der Waals surface area (Å²) >= 11 is 6.06. The SMILES string of the molecule is CCCCCN1CC[C@H](CCOc2ccc(Cl)c(C)c2)[C@H](OC)C1. The summed E-state index contributed by atoms with van der Waals surface area (Å²) in [7, 11) is 1.84. The number of ether oxygens (including phenoxy) is 2. The summed E-state index contributed by atoms with van der Waals surface area (Å²) in [5, 5.41) is 0.789. The van der Waals surface area contributed by atoms with Gasteiger partial charge in [-0.1, -0.05) is 31.4 Å². The van der Waals surface area contributed by atoms with E-state index in [1.807, 2.05) is 32.2 Å². The average molecular weight is 354 g/mol. The molecular weight excluding hydrogens is 322 g/mol. The third-order valence-electron chi connectivity index (χ3n) is 5.05. The summed E-state index contributed by atoms with van der Waals surface area (Å²) < 4.78 is 11.7. The van der Waals surface area contributed by atoms with Crippen molar-refractivity contribution in [3.8, 4) is 5.75 Å². The number of unbranched alkanes of at least 4 members (excludes halogenated alkanes) is 2. The minimum Gasteiger partial charge on any atom is -0.494 e. The molecule has 0 amide bonds. The van der Waals surface area contributed by atoms with Gasteiger partial charge >= 0.3 is 0 Å². The van der Waals surface area contributed by atoms with Crippen molar-refractivity contribution in [2.75, 3.05) is 33.4 Å². The van der Waals surface area contributed by atoms with E-state index in [-0.39, 0.29) is 0 Å². The molecule has 0 N–H and O–H groups in total. The van der Waals surface area contributed by atoms with Crippen molar-refractivity contribution >= 4 is 11.6 Å². The molecule has 1 aliphatic rings. The molecule has 1 aromatic rings. The van der Waals surface area contributed by atoms with Gasteiger partial charge in [0.1, 0.15) is 5.75 Å². The van der Waals surface area contributed by atoms with Crippen LogP contribution in [0.1, 0.15) is 44.6 Å². The number of aryl methyl sites for hydroxylation is 1. The molecule has 2 atom stereocenters. The molecule has 4 heteroatoms. The first-order chi connectivity index (χ1) is 11.6. The molecule has 1 aromatic carbocycles.